The summed E-state index contributed by atoms with van der Waals surface area (Å²) in [6.07, 6.45) is -4.17. The number of nitrogens with one attached hydrogen (secondary N) is 1. The van der Waals surface area contributed by atoms with Crippen LogP contribution in [0.3, 0.4) is 0 Å². The predicted molar refractivity (Wildman–Crippen MR) is 111 cm³/mol. The molecule has 1 N–H and O–H groups in total. The van der Waals surface area contributed by atoms with Crippen LogP contribution in [-0.2, 0) is 33.3 Å². The molecule has 0 heterocycles. The Labute approximate surface area is 183 Å². The summed E-state index contributed by atoms with van der Waals surface area (Å²) in [6, 6.07) is 7.43. The molecular weight excluding hydrogens is 430 g/mol. The lowest BCUT2D eigenvalue weighted by Gasteiger charge is -2.16. The van der Waals surface area contributed by atoms with E-state index in [-0.39, 0.29) is 30.5 Å². The number of carbonyl (C=O) groups is 2. The lowest BCUT2D eigenvalue weighted by molar-refractivity contribution is -0.148. The molecule has 0 spiro atoms. The Bertz CT molecular complexity index is 959. The van der Waals surface area contributed by atoms with E-state index in [2.05, 4.69) is 5.32 Å². The SMILES string of the molecule is CCOC(=O)C(CC)Cc1ccc(OC)c(NC(=O)Cc2ccc(C(F)(F)F)c(F)c2)c1. The van der Waals surface area contributed by atoms with Gasteiger partial charge in [0.2, 0.25) is 5.91 Å². The highest BCUT2D eigenvalue weighted by Crippen LogP contribution is 2.32. The lowest BCUT2D eigenvalue weighted by Crippen LogP contribution is -2.20. The maximum atomic E-state index is 13.8. The van der Waals surface area contributed by atoms with Crippen molar-refractivity contribution in [1.82, 2.24) is 0 Å². The summed E-state index contributed by atoms with van der Waals surface area (Å²) in [5.74, 6) is -2.28. The second-order valence-corrected chi connectivity index (χ2v) is 7.13. The van der Waals surface area contributed by atoms with Gasteiger partial charge in [0.1, 0.15) is 11.6 Å². The number of benzene rings is 2. The molecule has 174 valence electrons. The van der Waals surface area contributed by atoms with Gasteiger partial charge in [-0.2, -0.15) is 13.2 Å². The lowest BCUT2D eigenvalue weighted by atomic mass is 9.96. The quantitative estimate of drug-likeness (QED) is 0.419. The van der Waals surface area contributed by atoms with E-state index in [1.807, 2.05) is 6.92 Å². The summed E-state index contributed by atoms with van der Waals surface area (Å²) < 4.78 is 62.2. The average Bonchev–Trinajstić information content (AvgIpc) is 2.71. The zero-order valence-electron chi connectivity index (χ0n) is 18.0. The van der Waals surface area contributed by atoms with Crippen LogP contribution in [0, 0.1) is 11.7 Å². The number of esters is 1. The molecule has 0 aliphatic rings. The minimum atomic E-state index is -4.81. The maximum absolute atomic E-state index is 13.8. The fourth-order valence-corrected chi connectivity index (χ4v) is 3.20. The molecule has 0 saturated carbocycles. The third-order valence-electron chi connectivity index (χ3n) is 4.84. The smallest absolute Gasteiger partial charge is 0.419 e. The monoisotopic (exact) mass is 455 g/mol. The molecule has 5 nitrogen and oxygen atoms in total. The molecule has 32 heavy (non-hydrogen) atoms. The number of amides is 1. The average molecular weight is 455 g/mol. The van der Waals surface area contributed by atoms with Crippen molar-refractivity contribution in [1.29, 1.82) is 0 Å². The van der Waals surface area contributed by atoms with Gasteiger partial charge in [-0.1, -0.05) is 19.1 Å². The standard InChI is InChI=1S/C23H25F4NO4/c1-4-16(22(30)32-5-2)10-14-7-9-20(31-3)19(12-14)28-21(29)13-15-6-8-17(18(24)11-15)23(25,26)27/h6-9,11-12,16H,4-5,10,13H2,1-3H3,(H,28,29). The highest BCUT2D eigenvalue weighted by Gasteiger charge is 2.34. The van der Waals surface area contributed by atoms with E-state index in [0.717, 1.165) is 11.6 Å². The molecular formula is C23H25F4NO4. The topological polar surface area (TPSA) is 64.6 Å². The molecule has 0 aromatic heterocycles. The molecule has 0 saturated heterocycles. The number of hydrogen-bond donors (Lipinski definition) is 1. The van der Waals surface area contributed by atoms with Gasteiger partial charge in [-0.3, -0.25) is 9.59 Å². The Morgan fingerprint density at radius 1 is 1.06 bits per heavy atom. The molecule has 0 bridgehead atoms. The summed E-state index contributed by atoms with van der Waals surface area (Å²) in [5.41, 5.74) is -0.192. The van der Waals surface area contributed by atoms with Crippen molar-refractivity contribution in [2.75, 3.05) is 19.0 Å². The molecule has 9 heteroatoms. The van der Waals surface area contributed by atoms with Crippen LogP contribution in [0.4, 0.5) is 23.2 Å². The first-order valence-corrected chi connectivity index (χ1v) is 10.1. The number of anilines is 1. The number of carbonyl (C=O) groups excluding carboxylic acids is 2. The molecule has 1 unspecified atom stereocenters. The van der Waals surface area contributed by atoms with E-state index in [1.165, 1.54) is 7.11 Å². The van der Waals surface area contributed by atoms with Gasteiger partial charge in [0.15, 0.2) is 0 Å². The third-order valence-corrected chi connectivity index (χ3v) is 4.84. The summed E-state index contributed by atoms with van der Waals surface area (Å²) in [4.78, 5) is 24.5. The first-order valence-electron chi connectivity index (χ1n) is 10.1. The minimum Gasteiger partial charge on any atom is -0.495 e. The first kappa shape index (κ1) is 25.2. The number of alkyl halides is 3. The Morgan fingerprint density at radius 2 is 1.75 bits per heavy atom. The van der Waals surface area contributed by atoms with Gasteiger partial charge < -0.3 is 14.8 Å². The van der Waals surface area contributed by atoms with Crippen molar-refractivity contribution >= 4 is 17.6 Å². The van der Waals surface area contributed by atoms with Crippen LogP contribution in [-0.4, -0.2) is 25.6 Å². The number of hydrogen-bond acceptors (Lipinski definition) is 4. The normalized spacial score (nSPS) is 12.2. The van der Waals surface area contributed by atoms with Gasteiger partial charge in [0.05, 0.1) is 37.3 Å². The van der Waals surface area contributed by atoms with Gasteiger partial charge in [0.25, 0.3) is 0 Å². The minimum absolute atomic E-state index is 0.0940. The van der Waals surface area contributed by atoms with E-state index in [4.69, 9.17) is 9.47 Å². The van der Waals surface area contributed by atoms with Crippen molar-refractivity contribution in [3.63, 3.8) is 0 Å². The maximum Gasteiger partial charge on any atom is 0.419 e. The van der Waals surface area contributed by atoms with E-state index >= 15 is 0 Å². The molecule has 0 aliphatic heterocycles. The number of ether oxygens (including phenoxy) is 2. The van der Waals surface area contributed by atoms with E-state index in [0.29, 0.717) is 36.4 Å². The largest absolute Gasteiger partial charge is 0.495 e. The number of methoxy groups -OCH3 is 1. The van der Waals surface area contributed by atoms with Crippen LogP contribution >= 0.6 is 0 Å². The molecule has 2 aromatic carbocycles. The molecule has 1 atom stereocenters. The van der Waals surface area contributed by atoms with Crippen molar-refractivity contribution in [2.45, 2.75) is 39.3 Å². The molecule has 0 aliphatic carbocycles. The highest BCUT2D eigenvalue weighted by atomic mass is 19.4. The van der Waals surface area contributed by atoms with E-state index in [1.54, 1.807) is 25.1 Å². The zero-order valence-corrected chi connectivity index (χ0v) is 18.0. The first-order chi connectivity index (χ1) is 15.1. The van der Waals surface area contributed by atoms with Crippen molar-refractivity contribution in [2.24, 2.45) is 5.92 Å². The van der Waals surface area contributed by atoms with Gasteiger partial charge in [-0.25, -0.2) is 4.39 Å². The van der Waals surface area contributed by atoms with E-state index < -0.39 is 23.5 Å². The van der Waals surface area contributed by atoms with Crippen LogP contribution in [0.2, 0.25) is 0 Å². The Hall–Kier alpha value is -3.10. The van der Waals surface area contributed by atoms with Crippen molar-refractivity contribution in [3.05, 3.63) is 58.9 Å². The van der Waals surface area contributed by atoms with Crippen LogP contribution in [0.5, 0.6) is 5.75 Å². The molecule has 2 aromatic rings. The van der Waals surface area contributed by atoms with Crippen molar-refractivity contribution < 1.29 is 36.6 Å². The Balaban J connectivity index is 2.15. The number of halogens is 4. The summed E-state index contributed by atoms with van der Waals surface area (Å²) >= 11 is 0. The van der Waals surface area contributed by atoms with Crippen LogP contribution < -0.4 is 10.1 Å². The number of rotatable bonds is 9. The molecule has 0 fully saturated rings. The molecule has 0 radical (unpaired) electrons. The van der Waals surface area contributed by atoms with Crippen LogP contribution in [0.25, 0.3) is 0 Å². The predicted octanol–water partition coefficient (Wildman–Crippen LogP) is 5.17. The fraction of sp³-hybridized carbons (Fsp3) is 0.391. The second kappa shape index (κ2) is 11.0. The van der Waals surface area contributed by atoms with Gasteiger partial charge >= 0.3 is 12.1 Å². The van der Waals surface area contributed by atoms with Gasteiger partial charge in [-0.15, -0.1) is 0 Å². The Morgan fingerprint density at radius 3 is 2.31 bits per heavy atom. The third kappa shape index (κ3) is 6.70. The van der Waals surface area contributed by atoms with Crippen molar-refractivity contribution in [3.8, 4) is 5.75 Å². The van der Waals surface area contributed by atoms with Crippen LogP contribution in [0.1, 0.15) is 37.0 Å². The summed E-state index contributed by atoms with van der Waals surface area (Å²) in [6.45, 7) is 3.88. The Kier molecular flexibility index (Phi) is 8.63. The van der Waals surface area contributed by atoms with E-state index in [9.17, 15) is 27.2 Å². The van der Waals surface area contributed by atoms with Gasteiger partial charge in [0, 0.05) is 0 Å². The van der Waals surface area contributed by atoms with Gasteiger partial charge in [-0.05, 0) is 55.2 Å². The highest BCUT2D eigenvalue weighted by molar-refractivity contribution is 5.93. The summed E-state index contributed by atoms with van der Waals surface area (Å²) in [7, 11) is 1.42. The molecule has 2 rings (SSSR count). The molecule has 1 amide bonds. The second-order valence-electron chi connectivity index (χ2n) is 7.13. The fourth-order valence-electron chi connectivity index (χ4n) is 3.20. The van der Waals surface area contributed by atoms with Crippen LogP contribution in [0.15, 0.2) is 36.4 Å². The summed E-state index contributed by atoms with van der Waals surface area (Å²) in [5, 5.41) is 2.64. The zero-order chi connectivity index (χ0) is 23.9.